The van der Waals surface area contributed by atoms with Crippen molar-refractivity contribution in [2.45, 2.75) is 29.2 Å². The number of benzene rings is 3. The van der Waals surface area contributed by atoms with Crippen LogP contribution in [0.2, 0.25) is 0 Å². The van der Waals surface area contributed by atoms with Crippen LogP contribution < -0.4 is 5.73 Å². The zero-order chi connectivity index (χ0) is 23.1. The molecule has 0 saturated carbocycles. The Morgan fingerprint density at radius 2 is 1.41 bits per heavy atom. The Hall–Kier alpha value is -3.04. The minimum atomic E-state index is -4.65. The molecule has 4 rings (SSSR count). The van der Waals surface area contributed by atoms with Gasteiger partial charge in [0.05, 0.1) is 16.2 Å². The van der Waals surface area contributed by atoms with Crippen LogP contribution in [0.25, 0.3) is 11.1 Å². The Morgan fingerprint density at radius 1 is 0.875 bits per heavy atom. The third kappa shape index (κ3) is 3.93. The predicted octanol–water partition coefficient (Wildman–Crippen LogP) is 5.02. The van der Waals surface area contributed by atoms with Crippen LogP contribution in [-0.2, 0) is 15.5 Å². The Kier molecular flexibility index (Phi) is 5.64. The fraction of sp³-hybridized carbons (Fsp3) is 0.174. The minimum absolute atomic E-state index is 0.171. The van der Waals surface area contributed by atoms with E-state index in [1.54, 1.807) is 24.3 Å². The van der Waals surface area contributed by atoms with Gasteiger partial charge in [-0.15, -0.1) is 0 Å². The lowest BCUT2D eigenvalue weighted by atomic mass is 9.95. The third-order valence-corrected chi connectivity index (χ3v) is 6.86. The number of sulfone groups is 1. The van der Waals surface area contributed by atoms with Crippen LogP contribution in [0.3, 0.4) is 0 Å². The summed E-state index contributed by atoms with van der Waals surface area (Å²) in [7, 11) is -4.65. The van der Waals surface area contributed by atoms with Crippen LogP contribution in [0.4, 0.5) is 17.6 Å². The van der Waals surface area contributed by atoms with E-state index in [0.29, 0.717) is 29.5 Å². The largest absolute Gasteiger partial charge is 0.341 e. The maximum absolute atomic E-state index is 14.1. The molecule has 0 saturated heterocycles. The number of hydrogen-bond donors (Lipinski definition) is 1. The third-order valence-electron chi connectivity index (χ3n) is 5.46. The van der Waals surface area contributed by atoms with E-state index in [2.05, 4.69) is 4.99 Å². The van der Waals surface area contributed by atoms with Crippen LogP contribution in [0.1, 0.15) is 24.0 Å². The number of aliphatic imine (C=N–C) groups is 1. The number of alkyl halides is 2. The van der Waals surface area contributed by atoms with Gasteiger partial charge in [0.25, 0.3) is 0 Å². The van der Waals surface area contributed by atoms with Crippen LogP contribution in [0.5, 0.6) is 0 Å². The van der Waals surface area contributed by atoms with Crippen molar-refractivity contribution in [3.63, 3.8) is 0 Å². The van der Waals surface area contributed by atoms with E-state index >= 15 is 0 Å². The van der Waals surface area contributed by atoms with E-state index < -0.39 is 37.8 Å². The topological polar surface area (TPSA) is 72.5 Å². The quantitative estimate of drug-likeness (QED) is 0.541. The zero-order valence-corrected chi connectivity index (χ0v) is 17.4. The predicted molar refractivity (Wildman–Crippen MR) is 113 cm³/mol. The molecular formula is C23H18F4N2O2S. The van der Waals surface area contributed by atoms with Gasteiger partial charge in [0, 0.05) is 0 Å². The van der Waals surface area contributed by atoms with Gasteiger partial charge in [0.15, 0.2) is 0 Å². The minimum Gasteiger partial charge on any atom is -0.303 e. The first-order chi connectivity index (χ1) is 15.1. The first-order valence-electron chi connectivity index (χ1n) is 9.67. The van der Waals surface area contributed by atoms with Crippen LogP contribution in [0, 0.1) is 11.6 Å². The molecule has 0 aliphatic carbocycles. The molecule has 166 valence electrons. The highest BCUT2D eigenvalue weighted by molar-refractivity contribution is 7.91. The number of nitrogens with zero attached hydrogens (tertiary/aromatic N) is 1. The van der Waals surface area contributed by atoms with E-state index in [9.17, 15) is 26.0 Å². The molecule has 0 spiro atoms. The van der Waals surface area contributed by atoms with Crippen molar-refractivity contribution in [2.75, 3.05) is 0 Å². The fourth-order valence-corrected chi connectivity index (χ4v) is 4.44. The molecule has 1 heterocycles. The van der Waals surface area contributed by atoms with E-state index in [-0.39, 0.29) is 11.3 Å². The summed E-state index contributed by atoms with van der Waals surface area (Å²) in [4.78, 5) is 3.96. The van der Waals surface area contributed by atoms with Gasteiger partial charge in [-0.25, -0.2) is 17.2 Å². The lowest BCUT2D eigenvalue weighted by molar-refractivity contribution is 0.234. The van der Waals surface area contributed by atoms with Gasteiger partial charge >= 0.3 is 5.76 Å². The van der Waals surface area contributed by atoms with Crippen molar-refractivity contribution in [2.24, 2.45) is 10.7 Å². The van der Waals surface area contributed by atoms with E-state index in [1.165, 1.54) is 30.3 Å². The molecule has 3 aromatic rings. The number of halogens is 4. The highest BCUT2D eigenvalue weighted by Gasteiger charge is 2.34. The van der Waals surface area contributed by atoms with E-state index in [0.717, 1.165) is 12.1 Å². The van der Waals surface area contributed by atoms with Gasteiger partial charge in [-0.3, -0.25) is 4.99 Å². The molecule has 0 fully saturated rings. The first-order valence-corrected chi connectivity index (χ1v) is 11.2. The summed E-state index contributed by atoms with van der Waals surface area (Å²) >= 11 is 0. The van der Waals surface area contributed by atoms with Crippen molar-refractivity contribution in [3.05, 3.63) is 89.5 Å². The molecular weight excluding hydrogens is 444 g/mol. The molecule has 0 radical (unpaired) electrons. The molecule has 0 amide bonds. The Balaban J connectivity index is 1.60. The van der Waals surface area contributed by atoms with Gasteiger partial charge in [-0.05, 0) is 53.8 Å². The molecule has 0 aromatic heterocycles. The van der Waals surface area contributed by atoms with Crippen molar-refractivity contribution < 1.29 is 26.0 Å². The first kappa shape index (κ1) is 22.2. The van der Waals surface area contributed by atoms with Gasteiger partial charge in [0.1, 0.15) is 17.3 Å². The summed E-state index contributed by atoms with van der Waals surface area (Å²) in [5.41, 5.74) is 7.35. The maximum Gasteiger partial charge on any atom is 0.341 e. The molecule has 0 bridgehead atoms. The molecule has 1 aliphatic rings. The average molecular weight is 462 g/mol. The number of hydrogen-bond acceptors (Lipinski definition) is 4. The maximum atomic E-state index is 14.1. The molecule has 9 heteroatoms. The summed E-state index contributed by atoms with van der Waals surface area (Å²) < 4.78 is 76.7. The molecule has 4 nitrogen and oxygen atoms in total. The van der Waals surface area contributed by atoms with E-state index in [4.69, 9.17) is 5.73 Å². The Morgan fingerprint density at radius 3 is 1.94 bits per heavy atom. The summed E-state index contributed by atoms with van der Waals surface area (Å²) in [6.07, 6.45) is 0.686. The van der Waals surface area contributed by atoms with Gasteiger partial charge in [-0.1, -0.05) is 42.5 Å². The normalized spacial score (nSPS) is 18.8. The van der Waals surface area contributed by atoms with Crippen LogP contribution in [-0.4, -0.2) is 19.9 Å². The Labute approximate surface area is 182 Å². The van der Waals surface area contributed by atoms with Crippen molar-refractivity contribution in [3.8, 4) is 11.1 Å². The van der Waals surface area contributed by atoms with Crippen LogP contribution >= 0.6 is 0 Å². The average Bonchev–Trinajstić information content (AvgIpc) is 3.16. The molecule has 1 atom stereocenters. The SMILES string of the molecule is NC1(c2ccc(-c3ccc(S(=O)(=O)C(F)F)cc3)cc2)CCC(c2c(F)cccc2F)=N1. The summed E-state index contributed by atoms with van der Waals surface area (Å²) in [5.74, 6) is -4.87. The monoisotopic (exact) mass is 462 g/mol. The molecule has 2 N–H and O–H groups in total. The summed E-state index contributed by atoms with van der Waals surface area (Å²) in [6.45, 7) is 0. The van der Waals surface area contributed by atoms with Crippen molar-refractivity contribution >= 4 is 15.5 Å². The summed E-state index contributed by atoms with van der Waals surface area (Å²) in [6, 6.07) is 15.7. The molecule has 1 unspecified atom stereocenters. The van der Waals surface area contributed by atoms with Gasteiger partial charge in [0.2, 0.25) is 9.84 Å². The van der Waals surface area contributed by atoms with Crippen molar-refractivity contribution in [1.82, 2.24) is 0 Å². The highest BCUT2D eigenvalue weighted by Crippen LogP contribution is 2.35. The van der Waals surface area contributed by atoms with Crippen molar-refractivity contribution in [1.29, 1.82) is 0 Å². The fourth-order valence-electron chi connectivity index (χ4n) is 3.72. The Bertz CT molecular complexity index is 1270. The second-order valence-corrected chi connectivity index (χ2v) is 9.40. The molecule has 1 aliphatic heterocycles. The standard InChI is InChI=1S/C23H18F4N2O2S/c24-18-2-1-3-19(25)21(18)20-12-13-23(28,29-20)16-8-4-14(5-9-16)15-6-10-17(11-7-15)32(30,31)22(26)27/h1-11,22H,12-13,28H2. The second-order valence-electron chi connectivity index (χ2n) is 7.49. The van der Waals surface area contributed by atoms with Gasteiger partial charge in [-0.2, -0.15) is 8.78 Å². The smallest absolute Gasteiger partial charge is 0.303 e. The lowest BCUT2D eigenvalue weighted by Crippen LogP contribution is -2.31. The van der Waals surface area contributed by atoms with E-state index in [1.807, 2.05) is 0 Å². The molecule has 32 heavy (non-hydrogen) atoms. The summed E-state index contributed by atoms with van der Waals surface area (Å²) in [5, 5.41) is 0. The second kappa shape index (κ2) is 8.14. The van der Waals surface area contributed by atoms with Gasteiger partial charge < -0.3 is 5.73 Å². The molecule has 3 aromatic carbocycles. The lowest BCUT2D eigenvalue weighted by Gasteiger charge is -2.21. The number of rotatable bonds is 5. The zero-order valence-electron chi connectivity index (χ0n) is 16.6. The van der Waals surface area contributed by atoms with Crippen LogP contribution in [0.15, 0.2) is 76.6 Å². The highest BCUT2D eigenvalue weighted by atomic mass is 32.2. The number of nitrogens with two attached hydrogens (primary N) is 1.